The van der Waals surface area contributed by atoms with Crippen molar-refractivity contribution in [3.8, 4) is 17.2 Å². The SMILES string of the molecule is COc1cc(/C=C2\C(=N)N3N=C(c4ccccc4)SC3=NC2=O)ccc1OCCOc1cc(C)ccc1C. The van der Waals surface area contributed by atoms with Crippen LogP contribution in [0.5, 0.6) is 17.2 Å². The summed E-state index contributed by atoms with van der Waals surface area (Å²) in [7, 11) is 1.55. The Morgan fingerprint density at radius 3 is 2.47 bits per heavy atom. The molecule has 192 valence electrons. The summed E-state index contributed by atoms with van der Waals surface area (Å²) in [5.74, 6) is 1.39. The average molecular weight is 527 g/mol. The van der Waals surface area contributed by atoms with Crippen molar-refractivity contribution in [1.29, 1.82) is 5.41 Å². The second-order valence-corrected chi connectivity index (χ2v) is 9.62. The zero-order valence-corrected chi connectivity index (χ0v) is 22.0. The lowest BCUT2D eigenvalue weighted by atomic mass is 10.1. The van der Waals surface area contributed by atoms with E-state index in [1.165, 1.54) is 16.8 Å². The zero-order valence-electron chi connectivity index (χ0n) is 21.2. The lowest BCUT2D eigenvalue weighted by molar-refractivity contribution is -0.114. The Bertz CT molecular complexity index is 1500. The molecule has 0 unspecified atom stereocenters. The number of aryl methyl sites for hydroxylation is 2. The quantitative estimate of drug-likeness (QED) is 0.310. The van der Waals surface area contributed by atoms with E-state index in [0.29, 0.717) is 40.5 Å². The van der Waals surface area contributed by atoms with E-state index >= 15 is 0 Å². The first-order valence-electron chi connectivity index (χ1n) is 12.0. The summed E-state index contributed by atoms with van der Waals surface area (Å²) in [6.07, 6.45) is 1.61. The molecule has 0 bridgehead atoms. The number of fused-ring (bicyclic) bond motifs is 1. The fourth-order valence-corrected chi connectivity index (χ4v) is 4.81. The standard InChI is InChI=1S/C29H26N4O4S/c1-18-9-10-19(2)24(15-18)37-14-13-36-23-12-11-20(17-25(23)35-3)16-22-26(30)33-29(31-27(22)34)38-28(32-33)21-7-5-4-6-8-21/h4-12,15-17,30H,13-14H2,1-3H3/b22-16+,30-26?. The van der Waals surface area contributed by atoms with Crippen LogP contribution in [-0.4, -0.2) is 47.3 Å². The van der Waals surface area contributed by atoms with Gasteiger partial charge in [0.2, 0.25) is 5.17 Å². The van der Waals surface area contributed by atoms with Gasteiger partial charge in [0.25, 0.3) is 5.91 Å². The summed E-state index contributed by atoms with van der Waals surface area (Å²) in [5, 5.41) is 15.6. The van der Waals surface area contributed by atoms with Gasteiger partial charge < -0.3 is 14.2 Å². The Morgan fingerprint density at radius 2 is 1.71 bits per heavy atom. The predicted molar refractivity (Wildman–Crippen MR) is 150 cm³/mol. The van der Waals surface area contributed by atoms with Crippen molar-refractivity contribution in [1.82, 2.24) is 5.01 Å². The van der Waals surface area contributed by atoms with Crippen molar-refractivity contribution >= 4 is 39.8 Å². The minimum Gasteiger partial charge on any atom is -0.493 e. The van der Waals surface area contributed by atoms with E-state index in [-0.39, 0.29) is 11.4 Å². The van der Waals surface area contributed by atoms with Crippen molar-refractivity contribution in [2.24, 2.45) is 10.1 Å². The lowest BCUT2D eigenvalue weighted by Gasteiger charge is -2.20. The van der Waals surface area contributed by atoms with Gasteiger partial charge in [0, 0.05) is 5.56 Å². The molecule has 0 saturated heterocycles. The average Bonchev–Trinajstić information content (AvgIpc) is 3.36. The largest absolute Gasteiger partial charge is 0.493 e. The Kier molecular flexibility index (Phi) is 7.28. The molecule has 1 N–H and O–H groups in total. The Balaban J connectivity index is 1.28. The summed E-state index contributed by atoms with van der Waals surface area (Å²) in [4.78, 5) is 17.0. The van der Waals surface area contributed by atoms with E-state index in [4.69, 9.17) is 19.6 Å². The van der Waals surface area contributed by atoms with Crippen LogP contribution in [0, 0.1) is 19.3 Å². The minimum absolute atomic E-state index is 0.0266. The minimum atomic E-state index is -0.485. The van der Waals surface area contributed by atoms with Crippen molar-refractivity contribution in [3.05, 3.63) is 94.6 Å². The van der Waals surface area contributed by atoms with Crippen molar-refractivity contribution in [3.63, 3.8) is 0 Å². The van der Waals surface area contributed by atoms with E-state index in [9.17, 15) is 4.79 Å². The maximum absolute atomic E-state index is 12.8. The number of methoxy groups -OCH3 is 1. The molecule has 1 amide bonds. The second-order valence-electron chi connectivity index (χ2n) is 8.67. The van der Waals surface area contributed by atoms with E-state index in [1.807, 2.05) is 62.4 Å². The van der Waals surface area contributed by atoms with Gasteiger partial charge in [-0.3, -0.25) is 10.2 Å². The second kappa shape index (κ2) is 10.9. The number of hydrogen-bond donors (Lipinski definition) is 1. The number of amides is 1. The molecule has 3 aromatic carbocycles. The molecule has 38 heavy (non-hydrogen) atoms. The first-order chi connectivity index (χ1) is 18.4. The topological polar surface area (TPSA) is 96.6 Å². The highest BCUT2D eigenvalue weighted by atomic mass is 32.2. The van der Waals surface area contributed by atoms with Crippen LogP contribution in [0.25, 0.3) is 6.08 Å². The van der Waals surface area contributed by atoms with Crippen LogP contribution < -0.4 is 14.2 Å². The van der Waals surface area contributed by atoms with Crippen LogP contribution >= 0.6 is 11.8 Å². The number of aliphatic imine (C=N–C) groups is 1. The molecule has 0 spiro atoms. The monoisotopic (exact) mass is 526 g/mol. The smallest absolute Gasteiger partial charge is 0.283 e. The summed E-state index contributed by atoms with van der Waals surface area (Å²) in [6.45, 7) is 4.74. The van der Waals surface area contributed by atoms with Crippen LogP contribution in [-0.2, 0) is 4.79 Å². The molecule has 0 aromatic heterocycles. The maximum Gasteiger partial charge on any atom is 0.283 e. The molecule has 3 aromatic rings. The molecule has 5 rings (SSSR count). The highest BCUT2D eigenvalue weighted by Gasteiger charge is 2.36. The number of nitrogens with zero attached hydrogens (tertiary/aromatic N) is 3. The number of thioether (sulfide) groups is 1. The molecular weight excluding hydrogens is 500 g/mol. The van der Waals surface area contributed by atoms with Gasteiger partial charge in [-0.15, -0.1) is 0 Å². The predicted octanol–water partition coefficient (Wildman–Crippen LogP) is 5.44. The number of ether oxygens (including phenoxy) is 3. The third-order valence-corrected chi connectivity index (χ3v) is 6.87. The number of rotatable bonds is 8. The third-order valence-electron chi connectivity index (χ3n) is 5.92. The van der Waals surface area contributed by atoms with Crippen molar-refractivity contribution < 1.29 is 19.0 Å². The van der Waals surface area contributed by atoms with Gasteiger partial charge in [-0.2, -0.15) is 15.1 Å². The fourth-order valence-electron chi connectivity index (χ4n) is 3.92. The van der Waals surface area contributed by atoms with Crippen LogP contribution in [0.4, 0.5) is 0 Å². The lowest BCUT2D eigenvalue weighted by Crippen LogP contribution is -2.35. The normalized spacial score (nSPS) is 15.8. The molecule has 0 saturated carbocycles. The molecule has 0 fully saturated rings. The van der Waals surface area contributed by atoms with E-state index in [0.717, 1.165) is 22.4 Å². The van der Waals surface area contributed by atoms with Crippen molar-refractivity contribution in [2.75, 3.05) is 20.3 Å². The van der Waals surface area contributed by atoms with E-state index < -0.39 is 5.91 Å². The number of hydrazone groups is 1. The summed E-state index contributed by atoms with van der Waals surface area (Å²) in [6, 6.07) is 21.0. The molecule has 9 heteroatoms. The molecule has 2 aliphatic rings. The van der Waals surface area contributed by atoms with Gasteiger partial charge in [0.1, 0.15) is 24.0 Å². The van der Waals surface area contributed by atoms with Crippen LogP contribution in [0.1, 0.15) is 22.3 Å². The molecular formula is C29H26N4O4S. The van der Waals surface area contributed by atoms with Crippen LogP contribution in [0.2, 0.25) is 0 Å². The number of amidine groups is 2. The number of benzene rings is 3. The zero-order chi connectivity index (χ0) is 26.6. The highest BCUT2D eigenvalue weighted by Crippen LogP contribution is 2.33. The molecule has 2 heterocycles. The number of carbonyl (C=O) groups excluding carboxylic acids is 1. The Labute approximate surface area is 225 Å². The first-order valence-corrected chi connectivity index (χ1v) is 12.8. The molecule has 2 aliphatic heterocycles. The van der Waals surface area contributed by atoms with Crippen LogP contribution in [0.3, 0.4) is 0 Å². The molecule has 0 aliphatic carbocycles. The maximum atomic E-state index is 12.8. The van der Waals surface area contributed by atoms with E-state index in [2.05, 4.69) is 10.1 Å². The van der Waals surface area contributed by atoms with Gasteiger partial charge >= 0.3 is 0 Å². The number of nitrogens with one attached hydrogen (secondary N) is 1. The number of hydrogen-bond acceptors (Lipinski definition) is 7. The molecule has 0 atom stereocenters. The molecule has 8 nitrogen and oxygen atoms in total. The third kappa shape index (κ3) is 5.33. The summed E-state index contributed by atoms with van der Waals surface area (Å²) >= 11 is 1.27. The first kappa shape index (κ1) is 25.3. The van der Waals surface area contributed by atoms with E-state index in [1.54, 1.807) is 31.4 Å². The van der Waals surface area contributed by atoms with Crippen LogP contribution in [0.15, 0.2) is 82.4 Å². The van der Waals surface area contributed by atoms with Crippen molar-refractivity contribution in [2.45, 2.75) is 13.8 Å². The van der Waals surface area contributed by atoms with Gasteiger partial charge in [-0.25, -0.2) is 0 Å². The Morgan fingerprint density at radius 1 is 0.947 bits per heavy atom. The van der Waals surface area contributed by atoms with Gasteiger partial charge in [0.05, 0.1) is 12.7 Å². The van der Waals surface area contributed by atoms with Gasteiger partial charge in [-0.1, -0.05) is 48.5 Å². The highest BCUT2D eigenvalue weighted by molar-refractivity contribution is 8.27. The Hall–Kier alpha value is -4.37. The fraction of sp³-hybridized carbons (Fsp3) is 0.172. The number of carbonyl (C=O) groups is 1. The summed E-state index contributed by atoms with van der Waals surface area (Å²) < 4.78 is 17.3. The summed E-state index contributed by atoms with van der Waals surface area (Å²) in [5.41, 5.74) is 3.92. The molecule has 0 radical (unpaired) electrons. The van der Waals surface area contributed by atoms with Gasteiger partial charge in [-0.05, 0) is 66.6 Å². The van der Waals surface area contributed by atoms with Gasteiger partial charge in [0.15, 0.2) is 17.3 Å².